The Morgan fingerprint density at radius 3 is 2.11 bits per heavy atom. The Balaban J connectivity index is 2.27. The molecular formula is C15H19F3O. The van der Waals surface area contributed by atoms with Gasteiger partial charge in [0, 0.05) is 12.5 Å². The highest BCUT2D eigenvalue weighted by Crippen LogP contribution is 2.40. The number of methoxy groups -OCH3 is 1. The first-order chi connectivity index (χ1) is 8.98. The molecule has 0 spiro atoms. The third kappa shape index (κ3) is 3.11. The molecule has 0 amide bonds. The summed E-state index contributed by atoms with van der Waals surface area (Å²) in [5.74, 6) is 0. The van der Waals surface area contributed by atoms with Crippen LogP contribution < -0.4 is 0 Å². The summed E-state index contributed by atoms with van der Waals surface area (Å²) in [5, 5.41) is 0. The highest BCUT2D eigenvalue weighted by molar-refractivity contribution is 5.31. The van der Waals surface area contributed by atoms with Crippen molar-refractivity contribution < 1.29 is 17.9 Å². The van der Waals surface area contributed by atoms with Gasteiger partial charge in [0.2, 0.25) is 0 Å². The van der Waals surface area contributed by atoms with Crippen LogP contribution in [-0.2, 0) is 16.3 Å². The zero-order valence-electron chi connectivity index (χ0n) is 11.1. The lowest BCUT2D eigenvalue weighted by molar-refractivity contribution is -0.137. The van der Waals surface area contributed by atoms with Crippen LogP contribution in [-0.4, -0.2) is 13.7 Å². The smallest absolute Gasteiger partial charge is 0.384 e. The minimum absolute atomic E-state index is 0.100. The third-order valence-electron chi connectivity index (χ3n) is 4.06. The van der Waals surface area contributed by atoms with E-state index in [9.17, 15) is 13.2 Å². The second-order valence-electron chi connectivity index (χ2n) is 5.35. The van der Waals surface area contributed by atoms with E-state index in [2.05, 4.69) is 0 Å². The summed E-state index contributed by atoms with van der Waals surface area (Å²) in [6.07, 6.45) is 1.15. The molecule has 1 aromatic rings. The largest absolute Gasteiger partial charge is 0.416 e. The molecule has 0 bridgehead atoms. The molecule has 1 nitrogen and oxygen atoms in total. The van der Waals surface area contributed by atoms with Crippen molar-refractivity contribution in [2.24, 2.45) is 0 Å². The van der Waals surface area contributed by atoms with Crippen LogP contribution >= 0.6 is 0 Å². The minimum Gasteiger partial charge on any atom is -0.384 e. The molecule has 0 aliphatic heterocycles. The molecule has 1 aliphatic rings. The molecule has 2 rings (SSSR count). The van der Waals surface area contributed by atoms with Gasteiger partial charge in [-0.2, -0.15) is 13.2 Å². The lowest BCUT2D eigenvalue weighted by Crippen LogP contribution is -2.34. The summed E-state index contributed by atoms with van der Waals surface area (Å²) >= 11 is 0. The number of hydrogen-bond donors (Lipinski definition) is 0. The average Bonchev–Trinajstić information content (AvgIpc) is 2.39. The number of halogens is 3. The summed E-state index contributed by atoms with van der Waals surface area (Å²) in [5.41, 5.74) is 0.290. The molecule has 0 heterocycles. The van der Waals surface area contributed by atoms with E-state index >= 15 is 0 Å². The first-order valence-electron chi connectivity index (χ1n) is 6.65. The standard InChI is InChI=1S/C15H19F3O/c1-19-11-14(9-3-2-4-10-14)12-5-7-13(8-6-12)15(16,17)18/h5-8H,2-4,9-11H2,1H3. The van der Waals surface area contributed by atoms with E-state index in [1.807, 2.05) is 0 Å². The summed E-state index contributed by atoms with van der Waals surface area (Å²) in [4.78, 5) is 0. The quantitative estimate of drug-likeness (QED) is 0.784. The van der Waals surface area contributed by atoms with E-state index in [0.29, 0.717) is 6.61 Å². The van der Waals surface area contributed by atoms with Crippen molar-refractivity contribution in [1.29, 1.82) is 0 Å². The van der Waals surface area contributed by atoms with Crippen LogP contribution in [0, 0.1) is 0 Å². The van der Waals surface area contributed by atoms with Gasteiger partial charge in [0.1, 0.15) is 0 Å². The van der Waals surface area contributed by atoms with Crippen LogP contribution in [0.4, 0.5) is 13.2 Å². The Morgan fingerprint density at radius 2 is 1.63 bits per heavy atom. The number of ether oxygens (including phenoxy) is 1. The fraction of sp³-hybridized carbons (Fsp3) is 0.600. The summed E-state index contributed by atoms with van der Waals surface area (Å²) in [6.45, 7) is 0.582. The zero-order chi connectivity index (χ0) is 13.9. The van der Waals surface area contributed by atoms with E-state index in [1.54, 1.807) is 19.2 Å². The summed E-state index contributed by atoms with van der Waals surface area (Å²) in [7, 11) is 1.65. The maximum absolute atomic E-state index is 12.6. The molecule has 1 fully saturated rings. The van der Waals surface area contributed by atoms with Gasteiger partial charge in [0.25, 0.3) is 0 Å². The Bertz CT molecular complexity index is 397. The molecule has 0 radical (unpaired) electrons. The molecule has 19 heavy (non-hydrogen) atoms. The van der Waals surface area contributed by atoms with Crippen molar-refractivity contribution in [3.63, 3.8) is 0 Å². The molecule has 0 aromatic heterocycles. The minimum atomic E-state index is -4.26. The number of alkyl halides is 3. The molecule has 106 valence electrons. The van der Waals surface area contributed by atoms with Gasteiger partial charge >= 0.3 is 6.18 Å². The van der Waals surface area contributed by atoms with Gasteiger partial charge in [-0.1, -0.05) is 31.4 Å². The number of hydrogen-bond acceptors (Lipinski definition) is 1. The van der Waals surface area contributed by atoms with Gasteiger partial charge in [-0.15, -0.1) is 0 Å². The monoisotopic (exact) mass is 272 g/mol. The molecule has 4 heteroatoms. The Morgan fingerprint density at radius 1 is 1.05 bits per heavy atom. The van der Waals surface area contributed by atoms with Crippen LogP contribution in [0.2, 0.25) is 0 Å². The zero-order valence-corrected chi connectivity index (χ0v) is 11.1. The maximum Gasteiger partial charge on any atom is 0.416 e. The Hall–Kier alpha value is -1.03. The van der Waals surface area contributed by atoms with E-state index in [0.717, 1.165) is 31.2 Å². The Kier molecular flexibility index (Phi) is 4.19. The normalized spacial score (nSPS) is 19.4. The van der Waals surface area contributed by atoms with E-state index < -0.39 is 11.7 Å². The predicted octanol–water partition coefficient (Wildman–Crippen LogP) is 4.55. The van der Waals surface area contributed by atoms with Gasteiger partial charge in [0.05, 0.1) is 12.2 Å². The highest BCUT2D eigenvalue weighted by Gasteiger charge is 2.35. The van der Waals surface area contributed by atoms with E-state index in [1.165, 1.54) is 18.6 Å². The molecule has 1 aliphatic carbocycles. The number of rotatable bonds is 3. The average molecular weight is 272 g/mol. The fourth-order valence-corrected chi connectivity index (χ4v) is 3.03. The molecule has 1 aromatic carbocycles. The van der Waals surface area contributed by atoms with Crippen molar-refractivity contribution in [3.8, 4) is 0 Å². The first-order valence-corrected chi connectivity index (χ1v) is 6.65. The topological polar surface area (TPSA) is 9.23 Å². The van der Waals surface area contributed by atoms with Gasteiger partial charge in [0.15, 0.2) is 0 Å². The second-order valence-corrected chi connectivity index (χ2v) is 5.35. The first kappa shape index (κ1) is 14.4. The van der Waals surface area contributed by atoms with Crippen molar-refractivity contribution in [3.05, 3.63) is 35.4 Å². The van der Waals surface area contributed by atoms with Gasteiger partial charge < -0.3 is 4.74 Å². The van der Waals surface area contributed by atoms with Crippen molar-refractivity contribution in [2.75, 3.05) is 13.7 Å². The molecule has 1 saturated carbocycles. The molecule has 0 saturated heterocycles. The Labute approximate surface area is 111 Å². The van der Waals surface area contributed by atoms with Crippen LogP contribution in [0.5, 0.6) is 0 Å². The third-order valence-corrected chi connectivity index (χ3v) is 4.06. The van der Waals surface area contributed by atoms with Gasteiger partial charge in [-0.3, -0.25) is 0 Å². The van der Waals surface area contributed by atoms with E-state index in [-0.39, 0.29) is 5.41 Å². The second kappa shape index (κ2) is 5.53. The fourth-order valence-electron chi connectivity index (χ4n) is 3.03. The summed E-state index contributed by atoms with van der Waals surface area (Å²) in [6, 6.07) is 5.60. The van der Waals surface area contributed by atoms with Crippen LogP contribution in [0.15, 0.2) is 24.3 Å². The van der Waals surface area contributed by atoms with Gasteiger partial charge in [-0.25, -0.2) is 0 Å². The van der Waals surface area contributed by atoms with Crippen molar-refractivity contribution >= 4 is 0 Å². The highest BCUT2D eigenvalue weighted by atomic mass is 19.4. The lowest BCUT2D eigenvalue weighted by Gasteiger charge is -2.37. The molecular weight excluding hydrogens is 253 g/mol. The maximum atomic E-state index is 12.6. The SMILES string of the molecule is COCC1(c2ccc(C(F)(F)F)cc2)CCCCC1. The lowest BCUT2D eigenvalue weighted by atomic mass is 9.70. The molecule has 0 atom stereocenters. The van der Waals surface area contributed by atoms with Crippen LogP contribution in [0.3, 0.4) is 0 Å². The van der Waals surface area contributed by atoms with Crippen LogP contribution in [0.25, 0.3) is 0 Å². The molecule has 0 unspecified atom stereocenters. The number of benzene rings is 1. The van der Waals surface area contributed by atoms with Crippen molar-refractivity contribution in [2.45, 2.75) is 43.7 Å². The van der Waals surface area contributed by atoms with E-state index in [4.69, 9.17) is 4.74 Å². The van der Waals surface area contributed by atoms with Gasteiger partial charge in [-0.05, 0) is 30.5 Å². The predicted molar refractivity (Wildman–Crippen MR) is 68.1 cm³/mol. The van der Waals surface area contributed by atoms with Crippen molar-refractivity contribution in [1.82, 2.24) is 0 Å². The molecule has 0 N–H and O–H groups in total. The summed E-state index contributed by atoms with van der Waals surface area (Å²) < 4.78 is 43.1. The van der Waals surface area contributed by atoms with Crippen LogP contribution in [0.1, 0.15) is 43.2 Å².